The molecule has 0 aliphatic heterocycles. The molecule has 96 valence electrons. The number of rotatable bonds is 2. The van der Waals surface area contributed by atoms with Crippen LogP contribution in [0.1, 0.15) is 59.8 Å². The Labute approximate surface area is 106 Å². The van der Waals surface area contributed by atoms with E-state index in [0.717, 1.165) is 6.42 Å². The second kappa shape index (κ2) is 4.28. The highest BCUT2D eigenvalue weighted by Crippen LogP contribution is 2.63. The predicted octanol–water partition coefficient (Wildman–Crippen LogP) is 3.48. The van der Waals surface area contributed by atoms with Crippen molar-refractivity contribution in [1.29, 1.82) is 5.26 Å². The zero-order valence-electron chi connectivity index (χ0n) is 11.7. The van der Waals surface area contributed by atoms with Crippen LogP contribution in [0.3, 0.4) is 0 Å². The second-order valence-electron chi connectivity index (χ2n) is 7.02. The highest BCUT2D eigenvalue weighted by molar-refractivity contribution is 5.19. The Morgan fingerprint density at radius 2 is 1.59 bits per heavy atom. The van der Waals surface area contributed by atoms with Crippen molar-refractivity contribution in [2.75, 3.05) is 0 Å². The molecule has 0 heterocycles. The molecule has 2 heteroatoms. The molecule has 0 bridgehead atoms. The van der Waals surface area contributed by atoms with Crippen LogP contribution >= 0.6 is 0 Å². The Hall–Kier alpha value is -0.550. The lowest BCUT2D eigenvalue weighted by Crippen LogP contribution is -2.39. The summed E-state index contributed by atoms with van der Waals surface area (Å²) in [6.07, 6.45) is 6.08. The largest absolute Gasteiger partial charge is 0.309 e. The van der Waals surface area contributed by atoms with Gasteiger partial charge >= 0.3 is 0 Å². The monoisotopic (exact) mass is 234 g/mol. The van der Waals surface area contributed by atoms with Gasteiger partial charge in [0.1, 0.15) is 0 Å². The third-order valence-electron chi connectivity index (χ3n) is 5.58. The van der Waals surface area contributed by atoms with E-state index in [4.69, 9.17) is 0 Å². The summed E-state index contributed by atoms with van der Waals surface area (Å²) in [4.78, 5) is 0. The van der Waals surface area contributed by atoms with Crippen LogP contribution < -0.4 is 5.32 Å². The van der Waals surface area contributed by atoms with Gasteiger partial charge in [0, 0.05) is 12.1 Å². The van der Waals surface area contributed by atoms with Crippen LogP contribution in [0.25, 0.3) is 0 Å². The van der Waals surface area contributed by atoms with Gasteiger partial charge in [0.15, 0.2) is 0 Å². The van der Waals surface area contributed by atoms with Crippen LogP contribution in [0.4, 0.5) is 0 Å². The average molecular weight is 234 g/mol. The first kappa shape index (κ1) is 12.9. The van der Waals surface area contributed by atoms with Crippen molar-refractivity contribution >= 4 is 0 Å². The summed E-state index contributed by atoms with van der Waals surface area (Å²) in [5.74, 6) is 0.227. The number of nitrogens with zero attached hydrogens (tertiary/aromatic N) is 1. The molecule has 2 unspecified atom stereocenters. The van der Waals surface area contributed by atoms with Gasteiger partial charge in [-0.25, -0.2) is 0 Å². The average Bonchev–Trinajstić information content (AvgIpc) is 2.77. The Kier molecular flexibility index (Phi) is 3.25. The van der Waals surface area contributed by atoms with E-state index in [0.29, 0.717) is 22.9 Å². The van der Waals surface area contributed by atoms with E-state index in [-0.39, 0.29) is 5.92 Å². The molecule has 0 saturated heterocycles. The van der Waals surface area contributed by atoms with Crippen molar-refractivity contribution in [1.82, 2.24) is 5.32 Å². The van der Waals surface area contributed by atoms with Crippen molar-refractivity contribution in [3.05, 3.63) is 0 Å². The fraction of sp³-hybridized carbons (Fsp3) is 0.933. The Balaban J connectivity index is 2.01. The molecule has 17 heavy (non-hydrogen) atoms. The third-order valence-corrected chi connectivity index (χ3v) is 5.58. The van der Waals surface area contributed by atoms with Crippen molar-refractivity contribution in [2.45, 2.75) is 71.9 Å². The smallest absolute Gasteiger partial charge is 0.0672 e. The Morgan fingerprint density at radius 3 is 2.12 bits per heavy atom. The van der Waals surface area contributed by atoms with Crippen molar-refractivity contribution < 1.29 is 0 Å². The molecule has 2 aliphatic carbocycles. The first-order valence-electron chi connectivity index (χ1n) is 7.07. The summed E-state index contributed by atoms with van der Waals surface area (Å²) in [7, 11) is 0. The molecule has 2 rings (SSSR count). The molecular formula is C15H26N2. The number of hydrogen-bond acceptors (Lipinski definition) is 2. The molecule has 2 fully saturated rings. The van der Waals surface area contributed by atoms with Crippen LogP contribution in [-0.2, 0) is 0 Å². The molecular weight excluding hydrogens is 208 g/mol. The van der Waals surface area contributed by atoms with Gasteiger partial charge in [-0.2, -0.15) is 5.26 Å². The van der Waals surface area contributed by atoms with Crippen LogP contribution in [0, 0.1) is 28.1 Å². The van der Waals surface area contributed by atoms with E-state index in [9.17, 15) is 5.26 Å². The lowest BCUT2D eigenvalue weighted by molar-refractivity contribution is 0.367. The normalized spacial score (nSPS) is 35.9. The highest BCUT2D eigenvalue weighted by Gasteiger charge is 2.65. The molecule has 0 radical (unpaired) electrons. The van der Waals surface area contributed by atoms with Gasteiger partial charge in [-0.3, -0.25) is 0 Å². The quantitative estimate of drug-likeness (QED) is 0.742. The first-order valence-corrected chi connectivity index (χ1v) is 7.07. The van der Waals surface area contributed by atoms with E-state index in [2.05, 4.69) is 39.1 Å². The third kappa shape index (κ3) is 2.10. The minimum Gasteiger partial charge on any atom is -0.309 e. The Morgan fingerprint density at radius 1 is 1.00 bits per heavy atom. The van der Waals surface area contributed by atoms with Gasteiger partial charge in [0.05, 0.1) is 12.0 Å². The molecule has 2 aliphatic rings. The van der Waals surface area contributed by atoms with Gasteiger partial charge < -0.3 is 5.32 Å². The zero-order chi connectivity index (χ0) is 12.7. The zero-order valence-corrected chi connectivity index (χ0v) is 11.7. The molecule has 2 atom stereocenters. The maximum absolute atomic E-state index is 9.29. The number of nitrogens with one attached hydrogen (secondary N) is 1. The van der Waals surface area contributed by atoms with E-state index >= 15 is 0 Å². The summed E-state index contributed by atoms with van der Waals surface area (Å²) in [6, 6.07) is 3.52. The van der Waals surface area contributed by atoms with Crippen LogP contribution in [0.5, 0.6) is 0 Å². The minimum absolute atomic E-state index is 0.227. The number of hydrogen-bond donors (Lipinski definition) is 1. The SMILES string of the molecule is CC1(C)C(NC2CCCCCC2C#N)C1(C)C. The van der Waals surface area contributed by atoms with Crippen LogP contribution in [0.15, 0.2) is 0 Å². The first-order chi connectivity index (χ1) is 7.91. The lowest BCUT2D eigenvalue weighted by atomic mass is 9.96. The summed E-state index contributed by atoms with van der Waals surface area (Å²) < 4.78 is 0. The van der Waals surface area contributed by atoms with E-state index in [1.54, 1.807) is 0 Å². The maximum atomic E-state index is 9.29. The highest BCUT2D eigenvalue weighted by atomic mass is 15.1. The van der Waals surface area contributed by atoms with Crippen molar-refractivity contribution in [3.63, 3.8) is 0 Å². The molecule has 0 aromatic heterocycles. The minimum atomic E-state index is 0.227. The van der Waals surface area contributed by atoms with Gasteiger partial charge in [-0.1, -0.05) is 47.0 Å². The summed E-state index contributed by atoms with van der Waals surface area (Å²) >= 11 is 0. The fourth-order valence-corrected chi connectivity index (χ4v) is 3.49. The van der Waals surface area contributed by atoms with Crippen LogP contribution in [0.2, 0.25) is 0 Å². The van der Waals surface area contributed by atoms with Crippen molar-refractivity contribution in [3.8, 4) is 6.07 Å². The van der Waals surface area contributed by atoms with Gasteiger partial charge in [0.25, 0.3) is 0 Å². The fourth-order valence-electron chi connectivity index (χ4n) is 3.49. The molecule has 0 amide bonds. The van der Waals surface area contributed by atoms with Crippen molar-refractivity contribution in [2.24, 2.45) is 16.7 Å². The van der Waals surface area contributed by atoms with E-state index in [1.165, 1.54) is 25.7 Å². The maximum Gasteiger partial charge on any atom is 0.0672 e. The summed E-state index contributed by atoms with van der Waals surface area (Å²) in [5.41, 5.74) is 0.749. The summed E-state index contributed by atoms with van der Waals surface area (Å²) in [6.45, 7) is 9.34. The lowest BCUT2D eigenvalue weighted by Gasteiger charge is -2.22. The predicted molar refractivity (Wildman–Crippen MR) is 70.5 cm³/mol. The second-order valence-corrected chi connectivity index (χ2v) is 7.02. The molecule has 1 N–H and O–H groups in total. The molecule has 0 aromatic carbocycles. The number of nitriles is 1. The van der Waals surface area contributed by atoms with Gasteiger partial charge in [0.2, 0.25) is 0 Å². The summed E-state index contributed by atoms with van der Waals surface area (Å²) in [5, 5.41) is 13.1. The molecule has 0 aromatic rings. The van der Waals surface area contributed by atoms with Crippen LogP contribution in [-0.4, -0.2) is 12.1 Å². The standard InChI is InChI=1S/C15H26N2/c1-14(2)13(15(14,3)4)17-12-9-7-5-6-8-11(12)10-16/h11-13,17H,5-9H2,1-4H3. The molecule has 2 nitrogen and oxygen atoms in total. The molecule has 2 saturated carbocycles. The van der Waals surface area contributed by atoms with E-state index in [1.807, 2.05) is 0 Å². The molecule has 0 spiro atoms. The van der Waals surface area contributed by atoms with E-state index < -0.39 is 0 Å². The Bertz CT molecular complexity index is 310. The van der Waals surface area contributed by atoms with Gasteiger partial charge in [-0.05, 0) is 23.7 Å². The topological polar surface area (TPSA) is 35.8 Å². The van der Waals surface area contributed by atoms with Gasteiger partial charge in [-0.15, -0.1) is 0 Å².